The van der Waals surface area contributed by atoms with Gasteiger partial charge in [-0.25, -0.2) is 9.78 Å². The summed E-state index contributed by atoms with van der Waals surface area (Å²) in [7, 11) is 0. The van der Waals surface area contributed by atoms with Crippen molar-refractivity contribution in [3.63, 3.8) is 0 Å². The highest BCUT2D eigenvalue weighted by atomic mass is 32.1. The first-order valence-electron chi connectivity index (χ1n) is 10.4. The van der Waals surface area contributed by atoms with Gasteiger partial charge in [-0.2, -0.15) is 13.2 Å². The number of carboxylic acid groups (broad SMARTS) is 1. The molecule has 3 aromatic rings. The molecule has 0 amide bonds. The van der Waals surface area contributed by atoms with Gasteiger partial charge in [-0.3, -0.25) is 4.79 Å². The topological polar surface area (TPSA) is 67.3 Å². The first kappa shape index (κ1) is 25.1. The normalized spacial score (nSPS) is 12.2. The number of aliphatic carboxylic acids is 1. The van der Waals surface area contributed by atoms with E-state index in [-0.39, 0.29) is 11.7 Å². The number of benzene rings is 2. The lowest BCUT2D eigenvalue weighted by atomic mass is 10.0. The molecule has 0 unspecified atom stereocenters. The number of hydrogen-bond donors (Lipinski definition) is 1. The number of alkyl halides is 3. The molecule has 3 rings (SSSR count). The van der Waals surface area contributed by atoms with E-state index in [4.69, 9.17) is 5.11 Å². The lowest BCUT2D eigenvalue weighted by molar-refractivity contribution is -0.137. The van der Waals surface area contributed by atoms with Gasteiger partial charge < -0.3 is 5.11 Å². The molecule has 0 aliphatic rings. The summed E-state index contributed by atoms with van der Waals surface area (Å²) in [5.41, 5.74) is 2.54. The van der Waals surface area contributed by atoms with E-state index in [0.29, 0.717) is 21.7 Å². The smallest absolute Gasteiger partial charge is 0.416 e. The van der Waals surface area contributed by atoms with Gasteiger partial charge in [0.1, 0.15) is 5.01 Å². The minimum atomic E-state index is -4.40. The first-order chi connectivity index (χ1) is 16.0. The third-order valence-corrected chi connectivity index (χ3v) is 6.12. The molecule has 0 fully saturated rings. The zero-order chi connectivity index (χ0) is 25.0. The Morgan fingerprint density at radius 1 is 1.03 bits per heavy atom. The summed E-state index contributed by atoms with van der Waals surface area (Å²) >= 11 is 1.31. The summed E-state index contributed by atoms with van der Waals surface area (Å²) in [6, 6.07) is 9.86. The van der Waals surface area contributed by atoms with Crippen LogP contribution in [0.15, 0.2) is 54.6 Å². The Hall–Kier alpha value is -3.52. The number of thiazole rings is 1. The van der Waals surface area contributed by atoms with Crippen molar-refractivity contribution in [2.75, 3.05) is 0 Å². The van der Waals surface area contributed by atoms with Crippen LogP contribution in [0.1, 0.15) is 57.4 Å². The Morgan fingerprint density at radius 2 is 1.71 bits per heavy atom. The fraction of sp³-hybridized carbons (Fsp3) is 0.192. The van der Waals surface area contributed by atoms with Gasteiger partial charge in [0.15, 0.2) is 5.78 Å². The second-order valence-electron chi connectivity index (χ2n) is 7.94. The van der Waals surface area contributed by atoms with E-state index in [9.17, 15) is 22.8 Å². The summed E-state index contributed by atoms with van der Waals surface area (Å²) in [5, 5.41) is 9.35. The maximum atomic E-state index is 12.8. The maximum Gasteiger partial charge on any atom is 0.416 e. The van der Waals surface area contributed by atoms with E-state index >= 15 is 0 Å². The van der Waals surface area contributed by atoms with Crippen LogP contribution < -0.4 is 0 Å². The Labute approximate surface area is 199 Å². The van der Waals surface area contributed by atoms with Gasteiger partial charge >= 0.3 is 12.1 Å². The number of halogens is 3. The minimum Gasteiger partial charge on any atom is -0.478 e. The molecule has 0 radical (unpaired) electrons. The molecule has 176 valence electrons. The highest BCUT2D eigenvalue weighted by Crippen LogP contribution is 2.35. The van der Waals surface area contributed by atoms with E-state index in [1.807, 2.05) is 13.8 Å². The van der Waals surface area contributed by atoms with E-state index in [2.05, 4.69) is 4.98 Å². The lowest BCUT2D eigenvalue weighted by Gasteiger charge is -2.06. The van der Waals surface area contributed by atoms with Gasteiger partial charge in [-0.1, -0.05) is 38.1 Å². The van der Waals surface area contributed by atoms with Crippen LogP contribution in [0.3, 0.4) is 0 Å². The molecule has 8 heteroatoms. The molecule has 0 saturated carbocycles. The fourth-order valence-corrected chi connectivity index (χ4v) is 4.35. The molecule has 34 heavy (non-hydrogen) atoms. The van der Waals surface area contributed by atoms with Crippen molar-refractivity contribution in [2.45, 2.75) is 32.9 Å². The maximum absolute atomic E-state index is 12.8. The average Bonchev–Trinajstić information content (AvgIpc) is 3.20. The molecule has 4 nitrogen and oxygen atoms in total. The van der Waals surface area contributed by atoms with Crippen LogP contribution in [0.4, 0.5) is 13.2 Å². The van der Waals surface area contributed by atoms with Gasteiger partial charge in [0.05, 0.1) is 16.1 Å². The molecule has 0 aliphatic carbocycles. The Bertz CT molecular complexity index is 1270. The summed E-state index contributed by atoms with van der Waals surface area (Å²) in [5.74, 6) is -1.23. The van der Waals surface area contributed by atoms with E-state index in [1.54, 1.807) is 31.2 Å². The van der Waals surface area contributed by atoms with E-state index in [0.717, 1.165) is 34.3 Å². The highest BCUT2D eigenvalue weighted by Gasteiger charge is 2.30. The van der Waals surface area contributed by atoms with E-state index in [1.165, 1.54) is 35.6 Å². The first-order valence-corrected chi connectivity index (χ1v) is 11.2. The van der Waals surface area contributed by atoms with Crippen molar-refractivity contribution in [1.82, 2.24) is 4.98 Å². The number of hydrogen-bond acceptors (Lipinski definition) is 4. The van der Waals surface area contributed by atoms with E-state index < -0.39 is 17.7 Å². The predicted octanol–water partition coefficient (Wildman–Crippen LogP) is 7.25. The molecule has 1 heterocycles. The van der Waals surface area contributed by atoms with Crippen LogP contribution in [-0.2, 0) is 11.0 Å². The average molecular weight is 486 g/mol. The van der Waals surface area contributed by atoms with Crippen LogP contribution in [-0.4, -0.2) is 21.8 Å². The van der Waals surface area contributed by atoms with Crippen LogP contribution in [0, 0.1) is 6.92 Å². The molecule has 0 atom stereocenters. The van der Waals surface area contributed by atoms with Crippen molar-refractivity contribution in [3.05, 3.63) is 87.4 Å². The molecule has 1 aromatic heterocycles. The SMILES string of the molecule is Cc1cc(C(=O)/C=C/c2sc(-c3ccc(C(F)(F)F)cc3)nc2C(C)C)ccc1/C=C/C(=O)O. The molecule has 0 spiro atoms. The number of carboxylic acids is 1. The predicted molar refractivity (Wildman–Crippen MR) is 128 cm³/mol. The molecular formula is C26H22F3NO3S. The second kappa shape index (κ2) is 10.2. The zero-order valence-electron chi connectivity index (χ0n) is 18.7. The monoisotopic (exact) mass is 485 g/mol. The van der Waals surface area contributed by atoms with Gasteiger partial charge in [-0.05, 0) is 60.4 Å². The molecular weight excluding hydrogens is 463 g/mol. The fourth-order valence-electron chi connectivity index (χ4n) is 3.23. The number of aryl methyl sites for hydroxylation is 1. The quantitative estimate of drug-likeness (QED) is 0.283. The van der Waals surface area contributed by atoms with Crippen molar-refractivity contribution in [3.8, 4) is 10.6 Å². The molecule has 0 bridgehead atoms. The molecule has 0 saturated heterocycles. The van der Waals surface area contributed by atoms with Gasteiger partial charge in [0.2, 0.25) is 0 Å². The number of carbonyl (C=O) groups is 2. The van der Waals surface area contributed by atoms with Crippen molar-refractivity contribution in [1.29, 1.82) is 0 Å². The van der Waals surface area contributed by atoms with Crippen LogP contribution >= 0.6 is 11.3 Å². The van der Waals surface area contributed by atoms with Crippen LogP contribution in [0.25, 0.3) is 22.7 Å². The summed E-state index contributed by atoms with van der Waals surface area (Å²) in [6.07, 6.45) is 1.22. The number of ketones is 1. The largest absolute Gasteiger partial charge is 0.478 e. The van der Waals surface area contributed by atoms with Crippen molar-refractivity contribution < 1.29 is 27.9 Å². The summed E-state index contributed by atoms with van der Waals surface area (Å²) < 4.78 is 38.5. The number of allylic oxidation sites excluding steroid dienone is 1. The Kier molecular flexibility index (Phi) is 7.51. The molecule has 2 aromatic carbocycles. The minimum absolute atomic E-state index is 0.0525. The number of carbonyl (C=O) groups excluding carboxylic acids is 1. The van der Waals surface area contributed by atoms with Gasteiger partial charge in [0.25, 0.3) is 0 Å². The Morgan fingerprint density at radius 3 is 2.26 bits per heavy atom. The Balaban J connectivity index is 1.85. The van der Waals surface area contributed by atoms with Gasteiger partial charge in [0, 0.05) is 17.2 Å². The van der Waals surface area contributed by atoms with Crippen LogP contribution in [0.2, 0.25) is 0 Å². The second-order valence-corrected chi connectivity index (χ2v) is 8.97. The lowest BCUT2D eigenvalue weighted by Crippen LogP contribution is -2.03. The third kappa shape index (κ3) is 6.08. The summed E-state index contributed by atoms with van der Waals surface area (Å²) in [4.78, 5) is 28.8. The zero-order valence-corrected chi connectivity index (χ0v) is 19.5. The van der Waals surface area contributed by atoms with Gasteiger partial charge in [-0.15, -0.1) is 11.3 Å². The number of nitrogens with zero attached hydrogens (tertiary/aromatic N) is 1. The van der Waals surface area contributed by atoms with Crippen LogP contribution in [0.5, 0.6) is 0 Å². The van der Waals surface area contributed by atoms with Crippen molar-refractivity contribution >= 4 is 35.2 Å². The standard InChI is InChI=1S/C26H22F3NO3S/c1-15(2)24-22(34-25(30-24)18-6-9-20(10-7-18)26(27,28)29)12-11-21(31)19-5-4-17(16(3)14-19)8-13-23(32)33/h4-15H,1-3H3,(H,32,33)/b12-11+,13-8+. The highest BCUT2D eigenvalue weighted by molar-refractivity contribution is 7.16. The number of rotatable bonds is 7. The third-order valence-electron chi connectivity index (χ3n) is 5.03. The van der Waals surface area contributed by atoms with Crippen molar-refractivity contribution in [2.24, 2.45) is 0 Å². The summed E-state index contributed by atoms with van der Waals surface area (Å²) in [6.45, 7) is 5.70. The molecule has 1 N–H and O–H groups in total. The number of aromatic nitrogens is 1. The molecule has 0 aliphatic heterocycles.